The second-order valence-corrected chi connectivity index (χ2v) is 7.34. The highest BCUT2D eigenvalue weighted by atomic mass is 16.2. The van der Waals surface area contributed by atoms with Crippen molar-refractivity contribution >= 4 is 29.2 Å². The minimum Gasteiger partial charge on any atom is -0.343 e. The van der Waals surface area contributed by atoms with Crippen LogP contribution in [0.15, 0.2) is 48.5 Å². The van der Waals surface area contributed by atoms with Crippen molar-refractivity contribution in [3.8, 4) is 0 Å². The Kier molecular flexibility index (Phi) is 6.76. The van der Waals surface area contributed by atoms with Crippen molar-refractivity contribution in [2.24, 2.45) is 0 Å². The molecule has 0 saturated heterocycles. The number of rotatable bonds is 5. The summed E-state index contributed by atoms with van der Waals surface area (Å²) in [6.45, 7) is 6.15. The first-order valence-corrected chi connectivity index (χ1v) is 8.96. The molecule has 2 aromatic carbocycles. The minimum absolute atomic E-state index is 0.0100. The first kappa shape index (κ1) is 21.0. The molecule has 0 atom stereocenters. The molecule has 148 valence electrons. The first-order chi connectivity index (χ1) is 13.2. The van der Waals surface area contributed by atoms with Gasteiger partial charge in [-0.15, -0.1) is 0 Å². The zero-order valence-electron chi connectivity index (χ0n) is 16.6. The van der Waals surface area contributed by atoms with Crippen molar-refractivity contribution in [3.05, 3.63) is 59.7 Å². The standard InChI is InChI=1S/C21H26N4O3/c1-21(2,3)15-10-8-14(9-11-15)19(27)23-13-18(26)24-16-6-5-7-17(12-16)25-20(28)22-4/h5-12H,13H2,1-4H3,(H,23,27)(H,24,26)(H2,22,25,28). The summed E-state index contributed by atoms with van der Waals surface area (Å²) in [5, 5.41) is 10.4. The maximum atomic E-state index is 12.2. The highest BCUT2D eigenvalue weighted by Crippen LogP contribution is 2.22. The van der Waals surface area contributed by atoms with E-state index < -0.39 is 0 Å². The van der Waals surface area contributed by atoms with Crippen LogP contribution < -0.4 is 21.3 Å². The fourth-order valence-electron chi connectivity index (χ4n) is 2.46. The summed E-state index contributed by atoms with van der Waals surface area (Å²) in [5.74, 6) is -0.678. The van der Waals surface area contributed by atoms with Crippen molar-refractivity contribution in [3.63, 3.8) is 0 Å². The van der Waals surface area contributed by atoms with E-state index in [1.807, 2.05) is 12.1 Å². The molecule has 0 bridgehead atoms. The Morgan fingerprint density at radius 1 is 0.893 bits per heavy atom. The van der Waals surface area contributed by atoms with Crippen LogP contribution in [0.5, 0.6) is 0 Å². The summed E-state index contributed by atoms with van der Waals surface area (Å²) in [6.07, 6.45) is 0. The van der Waals surface area contributed by atoms with Crippen LogP contribution in [0, 0.1) is 0 Å². The van der Waals surface area contributed by atoms with Crippen molar-refractivity contribution < 1.29 is 14.4 Å². The smallest absolute Gasteiger partial charge is 0.318 e. The second kappa shape index (κ2) is 9.03. The number of amides is 4. The number of carbonyl (C=O) groups excluding carboxylic acids is 3. The van der Waals surface area contributed by atoms with E-state index in [9.17, 15) is 14.4 Å². The van der Waals surface area contributed by atoms with Crippen LogP contribution >= 0.6 is 0 Å². The molecule has 0 aliphatic heterocycles. The predicted octanol–water partition coefficient (Wildman–Crippen LogP) is 3.10. The number of hydrogen-bond donors (Lipinski definition) is 4. The van der Waals surface area contributed by atoms with E-state index in [0.717, 1.165) is 5.56 Å². The van der Waals surface area contributed by atoms with Gasteiger partial charge in [-0.05, 0) is 41.3 Å². The van der Waals surface area contributed by atoms with Crippen LogP contribution in [0.1, 0.15) is 36.7 Å². The molecular weight excluding hydrogens is 356 g/mol. The average molecular weight is 382 g/mol. The summed E-state index contributed by atoms with van der Waals surface area (Å²) in [5.41, 5.74) is 2.70. The Hall–Kier alpha value is -3.35. The molecule has 0 radical (unpaired) electrons. The average Bonchev–Trinajstić information content (AvgIpc) is 2.65. The van der Waals surface area contributed by atoms with Gasteiger partial charge in [-0.3, -0.25) is 9.59 Å². The lowest BCUT2D eigenvalue weighted by Crippen LogP contribution is -2.33. The lowest BCUT2D eigenvalue weighted by atomic mass is 9.87. The van der Waals surface area contributed by atoms with Gasteiger partial charge in [0.05, 0.1) is 6.54 Å². The molecule has 0 aromatic heterocycles. The number of urea groups is 1. The van der Waals surface area contributed by atoms with Crippen LogP contribution in [0.25, 0.3) is 0 Å². The second-order valence-electron chi connectivity index (χ2n) is 7.34. The van der Waals surface area contributed by atoms with Crippen LogP contribution in [0.2, 0.25) is 0 Å². The predicted molar refractivity (Wildman–Crippen MR) is 111 cm³/mol. The molecule has 0 heterocycles. The molecule has 2 rings (SSSR count). The first-order valence-electron chi connectivity index (χ1n) is 8.96. The molecule has 7 nitrogen and oxygen atoms in total. The van der Waals surface area contributed by atoms with Crippen LogP contribution in [0.3, 0.4) is 0 Å². The van der Waals surface area contributed by atoms with E-state index in [2.05, 4.69) is 42.0 Å². The summed E-state index contributed by atoms with van der Waals surface area (Å²) >= 11 is 0. The number of benzene rings is 2. The van der Waals surface area contributed by atoms with Crippen LogP contribution in [-0.4, -0.2) is 31.4 Å². The van der Waals surface area contributed by atoms with E-state index in [1.54, 1.807) is 36.4 Å². The normalized spacial score (nSPS) is 10.7. The number of carbonyl (C=O) groups is 3. The summed E-state index contributed by atoms with van der Waals surface area (Å²) in [7, 11) is 1.51. The van der Waals surface area contributed by atoms with E-state index >= 15 is 0 Å². The molecule has 28 heavy (non-hydrogen) atoms. The van der Waals surface area contributed by atoms with Gasteiger partial charge < -0.3 is 21.3 Å². The Balaban J connectivity index is 1.89. The Morgan fingerprint density at radius 3 is 2.07 bits per heavy atom. The topological polar surface area (TPSA) is 99.3 Å². The van der Waals surface area contributed by atoms with Gasteiger partial charge in [0.15, 0.2) is 0 Å². The van der Waals surface area contributed by atoms with Gasteiger partial charge >= 0.3 is 6.03 Å². The van der Waals surface area contributed by atoms with E-state index in [4.69, 9.17) is 0 Å². The van der Waals surface area contributed by atoms with Gasteiger partial charge in [-0.25, -0.2) is 4.79 Å². The van der Waals surface area contributed by atoms with Crippen LogP contribution in [-0.2, 0) is 10.2 Å². The number of hydrogen-bond acceptors (Lipinski definition) is 3. The largest absolute Gasteiger partial charge is 0.343 e. The number of nitrogens with one attached hydrogen (secondary N) is 4. The molecule has 0 aliphatic carbocycles. The summed E-state index contributed by atoms with van der Waals surface area (Å²) < 4.78 is 0. The van der Waals surface area contributed by atoms with Gasteiger partial charge in [-0.2, -0.15) is 0 Å². The molecule has 7 heteroatoms. The molecule has 0 aliphatic rings. The highest BCUT2D eigenvalue weighted by Gasteiger charge is 2.14. The van der Waals surface area contributed by atoms with Crippen molar-refractivity contribution in [1.29, 1.82) is 0 Å². The molecular formula is C21H26N4O3. The lowest BCUT2D eigenvalue weighted by Gasteiger charge is -2.19. The molecule has 0 spiro atoms. The van der Waals surface area contributed by atoms with Crippen molar-refractivity contribution in [1.82, 2.24) is 10.6 Å². The van der Waals surface area contributed by atoms with Gasteiger partial charge in [0.1, 0.15) is 0 Å². The molecule has 2 aromatic rings. The van der Waals surface area contributed by atoms with E-state index in [0.29, 0.717) is 16.9 Å². The molecule has 4 amide bonds. The summed E-state index contributed by atoms with van der Waals surface area (Å²) in [4.78, 5) is 35.7. The summed E-state index contributed by atoms with van der Waals surface area (Å²) in [6, 6.07) is 13.7. The maximum absolute atomic E-state index is 12.2. The molecule has 0 saturated carbocycles. The third-order valence-electron chi connectivity index (χ3n) is 4.05. The maximum Gasteiger partial charge on any atom is 0.318 e. The van der Waals surface area contributed by atoms with Gasteiger partial charge in [-0.1, -0.05) is 39.0 Å². The fraction of sp³-hybridized carbons (Fsp3) is 0.286. The van der Waals surface area contributed by atoms with Crippen molar-refractivity contribution in [2.45, 2.75) is 26.2 Å². The van der Waals surface area contributed by atoms with Gasteiger partial charge in [0, 0.05) is 24.0 Å². The third-order valence-corrected chi connectivity index (χ3v) is 4.05. The third kappa shape index (κ3) is 6.12. The van der Waals surface area contributed by atoms with E-state index in [-0.39, 0.29) is 29.8 Å². The Bertz CT molecular complexity index is 855. The van der Waals surface area contributed by atoms with Gasteiger partial charge in [0.2, 0.25) is 5.91 Å². The Morgan fingerprint density at radius 2 is 1.50 bits per heavy atom. The molecule has 0 fully saturated rings. The van der Waals surface area contributed by atoms with Crippen molar-refractivity contribution in [2.75, 3.05) is 24.2 Å². The lowest BCUT2D eigenvalue weighted by molar-refractivity contribution is -0.115. The monoisotopic (exact) mass is 382 g/mol. The zero-order valence-corrected chi connectivity index (χ0v) is 16.6. The van der Waals surface area contributed by atoms with Gasteiger partial charge in [0.25, 0.3) is 5.91 Å². The van der Waals surface area contributed by atoms with Crippen LogP contribution in [0.4, 0.5) is 16.2 Å². The fourth-order valence-corrected chi connectivity index (χ4v) is 2.46. The highest BCUT2D eigenvalue weighted by molar-refractivity contribution is 5.99. The zero-order chi connectivity index (χ0) is 20.7. The molecule has 4 N–H and O–H groups in total. The van der Waals surface area contributed by atoms with E-state index in [1.165, 1.54) is 7.05 Å². The number of anilines is 2. The quantitative estimate of drug-likeness (QED) is 0.639. The minimum atomic E-state index is -0.364. The molecule has 0 unspecified atom stereocenters. The SMILES string of the molecule is CNC(=O)Nc1cccc(NC(=O)CNC(=O)c2ccc(C(C)(C)C)cc2)c1. The Labute approximate surface area is 164 Å².